The molecule has 0 aliphatic carbocycles. The number of methoxy groups -OCH3 is 1. The summed E-state index contributed by atoms with van der Waals surface area (Å²) in [4.78, 5) is 31.5. The number of piperidine rings is 1. The topological polar surface area (TPSA) is 90.0 Å². The minimum atomic E-state index is -0.552. The van der Waals surface area contributed by atoms with Crippen LogP contribution in [0.3, 0.4) is 0 Å². The highest BCUT2D eigenvalue weighted by molar-refractivity contribution is 5.98. The maximum atomic E-state index is 13.0. The SMILES string of the molecule is CCOc1ncccc1C(=O)N1CCC2(CC1)CNC(=O)c1cc(OC)ccc1O2. The average Bonchev–Trinajstić information content (AvgIpc) is 2.91. The summed E-state index contributed by atoms with van der Waals surface area (Å²) in [6.07, 6.45) is 2.82. The molecule has 0 radical (unpaired) electrons. The van der Waals surface area contributed by atoms with Gasteiger partial charge in [-0.05, 0) is 37.3 Å². The van der Waals surface area contributed by atoms with Gasteiger partial charge in [0.2, 0.25) is 5.88 Å². The van der Waals surface area contributed by atoms with Gasteiger partial charge in [-0.2, -0.15) is 0 Å². The number of fused-ring (bicyclic) bond motifs is 1. The van der Waals surface area contributed by atoms with Crippen molar-refractivity contribution >= 4 is 11.8 Å². The van der Waals surface area contributed by atoms with Crippen LogP contribution in [0.5, 0.6) is 17.4 Å². The summed E-state index contributed by atoms with van der Waals surface area (Å²) in [5, 5.41) is 2.96. The van der Waals surface area contributed by atoms with Crippen molar-refractivity contribution in [3.05, 3.63) is 47.7 Å². The zero-order valence-electron chi connectivity index (χ0n) is 17.1. The Labute approximate surface area is 175 Å². The molecule has 1 spiro atoms. The third-order valence-corrected chi connectivity index (χ3v) is 5.57. The molecule has 1 aromatic heterocycles. The number of hydrogen-bond donors (Lipinski definition) is 1. The first-order chi connectivity index (χ1) is 14.5. The Morgan fingerprint density at radius 2 is 2.10 bits per heavy atom. The Balaban J connectivity index is 1.50. The molecule has 158 valence electrons. The predicted octanol–water partition coefficient (Wildman–Crippen LogP) is 2.29. The molecule has 3 heterocycles. The Hall–Kier alpha value is -3.29. The van der Waals surface area contributed by atoms with Crippen LogP contribution < -0.4 is 19.5 Å². The largest absolute Gasteiger partial charge is 0.497 e. The number of nitrogens with one attached hydrogen (secondary N) is 1. The second-order valence-electron chi connectivity index (χ2n) is 7.41. The maximum absolute atomic E-state index is 13.0. The lowest BCUT2D eigenvalue weighted by Crippen LogP contribution is -2.54. The van der Waals surface area contributed by atoms with Gasteiger partial charge in [0, 0.05) is 32.1 Å². The minimum Gasteiger partial charge on any atom is -0.497 e. The van der Waals surface area contributed by atoms with Gasteiger partial charge in [0.05, 0.1) is 25.8 Å². The fraction of sp³-hybridized carbons (Fsp3) is 0.409. The molecule has 0 atom stereocenters. The molecule has 0 unspecified atom stereocenters. The molecule has 4 rings (SSSR count). The first-order valence-electron chi connectivity index (χ1n) is 10.1. The number of aromatic nitrogens is 1. The zero-order valence-corrected chi connectivity index (χ0v) is 17.1. The minimum absolute atomic E-state index is 0.107. The van der Waals surface area contributed by atoms with Gasteiger partial charge < -0.3 is 24.4 Å². The van der Waals surface area contributed by atoms with Crippen LogP contribution in [-0.2, 0) is 0 Å². The summed E-state index contributed by atoms with van der Waals surface area (Å²) in [6.45, 7) is 3.72. The van der Waals surface area contributed by atoms with Gasteiger partial charge in [0.15, 0.2) is 0 Å². The van der Waals surface area contributed by atoms with Crippen molar-refractivity contribution in [1.29, 1.82) is 0 Å². The quantitative estimate of drug-likeness (QED) is 0.830. The van der Waals surface area contributed by atoms with E-state index in [1.54, 1.807) is 48.5 Å². The number of hydrogen-bond acceptors (Lipinski definition) is 6. The molecule has 8 nitrogen and oxygen atoms in total. The molecule has 8 heteroatoms. The van der Waals surface area contributed by atoms with E-state index in [1.165, 1.54) is 0 Å². The number of carbonyl (C=O) groups excluding carboxylic acids is 2. The van der Waals surface area contributed by atoms with Crippen LogP contribution in [0, 0.1) is 0 Å². The number of ether oxygens (including phenoxy) is 3. The lowest BCUT2D eigenvalue weighted by atomic mass is 9.90. The molecule has 1 saturated heterocycles. The van der Waals surface area contributed by atoms with Crippen LogP contribution in [0.4, 0.5) is 0 Å². The Bertz CT molecular complexity index is 954. The van der Waals surface area contributed by atoms with Crippen molar-refractivity contribution in [3.63, 3.8) is 0 Å². The summed E-state index contributed by atoms with van der Waals surface area (Å²) >= 11 is 0. The standard InChI is InChI=1S/C22H25N3O5/c1-3-29-20-16(5-4-10-23-20)21(27)25-11-8-22(9-12-25)14-24-19(26)17-13-15(28-2)6-7-18(17)30-22/h4-7,10,13H,3,8-9,11-12,14H2,1-2H3,(H,24,26). The number of benzene rings is 1. The van der Waals surface area contributed by atoms with Crippen molar-refractivity contribution < 1.29 is 23.8 Å². The van der Waals surface area contributed by atoms with Gasteiger partial charge in [-0.3, -0.25) is 9.59 Å². The number of amides is 2. The summed E-state index contributed by atoms with van der Waals surface area (Å²) in [5.41, 5.74) is 0.369. The second-order valence-corrected chi connectivity index (χ2v) is 7.41. The van der Waals surface area contributed by atoms with Crippen LogP contribution >= 0.6 is 0 Å². The molecular weight excluding hydrogens is 386 g/mol. The number of nitrogens with zero attached hydrogens (tertiary/aromatic N) is 2. The monoisotopic (exact) mass is 411 g/mol. The van der Waals surface area contributed by atoms with Gasteiger partial charge in [-0.15, -0.1) is 0 Å². The van der Waals surface area contributed by atoms with Gasteiger partial charge in [0.1, 0.15) is 22.7 Å². The summed E-state index contributed by atoms with van der Waals surface area (Å²) in [7, 11) is 1.56. The normalized spacial score (nSPS) is 17.4. The van der Waals surface area contributed by atoms with E-state index < -0.39 is 5.60 Å². The van der Waals surface area contributed by atoms with Crippen molar-refractivity contribution in [2.75, 3.05) is 33.4 Å². The van der Waals surface area contributed by atoms with E-state index in [4.69, 9.17) is 14.2 Å². The third-order valence-electron chi connectivity index (χ3n) is 5.57. The first kappa shape index (κ1) is 20.0. The van der Waals surface area contributed by atoms with Crippen LogP contribution in [0.1, 0.15) is 40.5 Å². The number of pyridine rings is 1. The molecule has 2 aliphatic rings. The van der Waals surface area contributed by atoms with Gasteiger partial charge >= 0.3 is 0 Å². The lowest BCUT2D eigenvalue weighted by Gasteiger charge is -2.41. The van der Waals surface area contributed by atoms with E-state index in [-0.39, 0.29) is 11.8 Å². The van der Waals surface area contributed by atoms with Crippen LogP contribution in [-0.4, -0.2) is 60.7 Å². The lowest BCUT2D eigenvalue weighted by molar-refractivity contribution is 0.00756. The van der Waals surface area contributed by atoms with Gasteiger partial charge in [0.25, 0.3) is 11.8 Å². The summed E-state index contributed by atoms with van der Waals surface area (Å²) < 4.78 is 17.1. The summed E-state index contributed by atoms with van der Waals surface area (Å²) in [5.74, 6) is 1.20. The number of rotatable bonds is 4. The van der Waals surface area contributed by atoms with Gasteiger partial charge in [-0.1, -0.05) is 0 Å². The maximum Gasteiger partial charge on any atom is 0.259 e. The smallest absolute Gasteiger partial charge is 0.259 e. The van der Waals surface area contributed by atoms with Gasteiger partial charge in [-0.25, -0.2) is 4.98 Å². The Morgan fingerprint density at radius 1 is 1.30 bits per heavy atom. The highest BCUT2D eigenvalue weighted by atomic mass is 16.5. The van der Waals surface area contributed by atoms with E-state index in [1.807, 2.05) is 6.92 Å². The van der Waals surface area contributed by atoms with E-state index >= 15 is 0 Å². The molecule has 30 heavy (non-hydrogen) atoms. The van der Waals surface area contributed by atoms with E-state index in [0.29, 0.717) is 67.6 Å². The third kappa shape index (κ3) is 3.77. The Kier molecular flexibility index (Phi) is 5.48. The zero-order chi connectivity index (χ0) is 21.1. The number of likely N-dealkylation sites (tertiary alicyclic amines) is 1. The molecule has 2 amide bonds. The molecule has 1 N–H and O–H groups in total. The molecule has 1 fully saturated rings. The summed E-state index contributed by atoms with van der Waals surface area (Å²) in [6, 6.07) is 8.69. The molecular formula is C22H25N3O5. The Morgan fingerprint density at radius 3 is 2.83 bits per heavy atom. The van der Waals surface area contributed by atoms with E-state index in [0.717, 1.165) is 0 Å². The molecule has 0 bridgehead atoms. The van der Waals surface area contributed by atoms with Crippen molar-refractivity contribution in [3.8, 4) is 17.4 Å². The van der Waals surface area contributed by atoms with Crippen molar-refractivity contribution in [2.45, 2.75) is 25.4 Å². The van der Waals surface area contributed by atoms with Crippen LogP contribution in [0.25, 0.3) is 0 Å². The second kappa shape index (κ2) is 8.22. The highest BCUT2D eigenvalue weighted by Crippen LogP contribution is 2.35. The molecule has 1 aromatic carbocycles. The van der Waals surface area contributed by atoms with Crippen LogP contribution in [0.15, 0.2) is 36.5 Å². The van der Waals surface area contributed by atoms with Crippen molar-refractivity contribution in [2.24, 2.45) is 0 Å². The predicted molar refractivity (Wildman–Crippen MR) is 109 cm³/mol. The molecule has 2 aromatic rings. The fourth-order valence-corrected chi connectivity index (χ4v) is 3.88. The van der Waals surface area contributed by atoms with E-state index in [9.17, 15) is 9.59 Å². The van der Waals surface area contributed by atoms with Crippen LogP contribution in [0.2, 0.25) is 0 Å². The highest BCUT2D eigenvalue weighted by Gasteiger charge is 2.41. The molecule has 0 saturated carbocycles. The average molecular weight is 411 g/mol. The first-order valence-corrected chi connectivity index (χ1v) is 10.1. The molecule has 2 aliphatic heterocycles. The van der Waals surface area contributed by atoms with E-state index in [2.05, 4.69) is 10.3 Å². The fourth-order valence-electron chi connectivity index (χ4n) is 3.88. The number of carbonyl (C=O) groups is 2. The van der Waals surface area contributed by atoms with Crippen molar-refractivity contribution in [1.82, 2.24) is 15.2 Å².